The zero-order valence-electron chi connectivity index (χ0n) is 12.6. The third-order valence-corrected chi connectivity index (χ3v) is 4.62. The zero-order chi connectivity index (χ0) is 16.7. The van der Waals surface area contributed by atoms with Crippen molar-refractivity contribution in [1.82, 2.24) is 0 Å². The molecular formula is C17H14BrClF2N2. The fraction of sp³-hybridized carbons (Fsp3) is 0.235. The highest BCUT2D eigenvalue weighted by Gasteiger charge is 2.26. The number of benzene rings is 2. The Balaban J connectivity index is 2.17. The van der Waals surface area contributed by atoms with Crippen molar-refractivity contribution in [2.45, 2.75) is 26.3 Å². The van der Waals surface area contributed by atoms with E-state index in [1.807, 2.05) is 13.8 Å². The lowest BCUT2D eigenvalue weighted by Crippen LogP contribution is -2.32. The summed E-state index contributed by atoms with van der Waals surface area (Å²) in [7, 11) is 0. The lowest BCUT2D eigenvalue weighted by atomic mass is 9.98. The summed E-state index contributed by atoms with van der Waals surface area (Å²) in [6, 6.07) is 7.72. The van der Waals surface area contributed by atoms with Crippen LogP contribution in [0.1, 0.15) is 25.0 Å². The van der Waals surface area contributed by atoms with Crippen LogP contribution in [0, 0.1) is 11.6 Å². The van der Waals surface area contributed by atoms with Crippen LogP contribution in [0.3, 0.4) is 0 Å². The molecule has 0 saturated carbocycles. The first kappa shape index (κ1) is 16.4. The van der Waals surface area contributed by atoms with E-state index in [-0.39, 0.29) is 17.4 Å². The minimum absolute atomic E-state index is 0.0342. The highest BCUT2D eigenvalue weighted by molar-refractivity contribution is 9.10. The summed E-state index contributed by atoms with van der Waals surface area (Å²) < 4.78 is 28.5. The van der Waals surface area contributed by atoms with Crippen molar-refractivity contribution in [3.63, 3.8) is 0 Å². The van der Waals surface area contributed by atoms with E-state index in [1.165, 1.54) is 12.1 Å². The average molecular weight is 400 g/mol. The Hall–Kier alpha value is -1.46. The van der Waals surface area contributed by atoms with Crippen molar-refractivity contribution in [1.29, 1.82) is 0 Å². The molecule has 0 N–H and O–H groups in total. The van der Waals surface area contributed by atoms with Crippen molar-refractivity contribution >= 4 is 38.9 Å². The molecule has 2 aromatic carbocycles. The summed E-state index contributed by atoms with van der Waals surface area (Å²) in [5, 5.41) is 6.63. The van der Waals surface area contributed by atoms with Crippen LogP contribution in [0.5, 0.6) is 0 Å². The smallest absolute Gasteiger partial charge is 0.137 e. The van der Waals surface area contributed by atoms with E-state index < -0.39 is 5.82 Å². The highest BCUT2D eigenvalue weighted by Crippen LogP contribution is 2.35. The lowest BCUT2D eigenvalue weighted by Gasteiger charge is -2.31. The fourth-order valence-electron chi connectivity index (χ4n) is 2.64. The van der Waals surface area contributed by atoms with Crippen LogP contribution in [0.2, 0.25) is 5.02 Å². The van der Waals surface area contributed by atoms with Gasteiger partial charge in [0.1, 0.15) is 11.6 Å². The molecule has 1 heterocycles. The van der Waals surface area contributed by atoms with E-state index in [0.717, 1.165) is 11.3 Å². The van der Waals surface area contributed by atoms with Crippen LogP contribution in [0.15, 0.2) is 39.9 Å². The summed E-state index contributed by atoms with van der Waals surface area (Å²) in [4.78, 5) is 0. The third-order valence-electron chi connectivity index (χ3n) is 3.70. The molecule has 0 unspecified atom stereocenters. The molecule has 0 atom stereocenters. The number of halogens is 4. The van der Waals surface area contributed by atoms with E-state index >= 15 is 0 Å². The maximum absolute atomic E-state index is 14.2. The Labute approximate surface area is 146 Å². The quantitative estimate of drug-likeness (QED) is 0.646. The molecule has 0 spiro atoms. The van der Waals surface area contributed by atoms with Crippen molar-refractivity contribution in [2.75, 3.05) is 5.01 Å². The van der Waals surface area contributed by atoms with Gasteiger partial charge in [-0.3, -0.25) is 5.01 Å². The van der Waals surface area contributed by atoms with Gasteiger partial charge in [0, 0.05) is 12.5 Å². The van der Waals surface area contributed by atoms with E-state index in [9.17, 15) is 8.78 Å². The number of hydrogen-bond donors (Lipinski definition) is 0. The van der Waals surface area contributed by atoms with E-state index in [0.29, 0.717) is 21.6 Å². The van der Waals surface area contributed by atoms with Crippen LogP contribution >= 0.6 is 27.5 Å². The topological polar surface area (TPSA) is 15.6 Å². The van der Waals surface area contributed by atoms with Gasteiger partial charge in [0.25, 0.3) is 0 Å². The van der Waals surface area contributed by atoms with Gasteiger partial charge in [-0.25, -0.2) is 8.78 Å². The van der Waals surface area contributed by atoms with Crippen molar-refractivity contribution < 1.29 is 8.78 Å². The Morgan fingerprint density at radius 3 is 2.61 bits per heavy atom. The molecular weight excluding hydrogens is 386 g/mol. The van der Waals surface area contributed by atoms with Crippen LogP contribution in [-0.4, -0.2) is 11.8 Å². The summed E-state index contributed by atoms with van der Waals surface area (Å²) >= 11 is 9.36. The molecule has 1 aliphatic rings. The van der Waals surface area contributed by atoms with Gasteiger partial charge in [0.15, 0.2) is 0 Å². The standard InChI is InChI=1S/C17H14BrClF2N2/c1-9(2)23-16-8-11(18)14(21)6-10(16)7-15(22-23)17-12(19)4-3-5-13(17)20/h3-6,8-9H,7H2,1-2H3. The monoisotopic (exact) mass is 398 g/mol. The summed E-state index contributed by atoms with van der Waals surface area (Å²) in [6.45, 7) is 3.94. The Kier molecular flexibility index (Phi) is 4.43. The predicted octanol–water partition coefficient (Wildman–Crippen LogP) is 5.56. The number of rotatable bonds is 2. The van der Waals surface area contributed by atoms with E-state index in [2.05, 4.69) is 21.0 Å². The minimum atomic E-state index is -0.430. The molecule has 0 fully saturated rings. The van der Waals surface area contributed by atoms with Gasteiger partial charge in [-0.05, 0) is 59.6 Å². The van der Waals surface area contributed by atoms with Crippen LogP contribution in [0.4, 0.5) is 14.5 Å². The Bertz CT molecular complexity index is 785. The van der Waals surface area contributed by atoms with Gasteiger partial charge >= 0.3 is 0 Å². The summed E-state index contributed by atoms with van der Waals surface area (Å²) in [5.41, 5.74) is 2.33. The van der Waals surface area contributed by atoms with E-state index in [1.54, 1.807) is 23.2 Å². The van der Waals surface area contributed by atoms with Gasteiger partial charge in [0.05, 0.1) is 26.5 Å². The van der Waals surface area contributed by atoms with Gasteiger partial charge in [0.2, 0.25) is 0 Å². The molecule has 2 nitrogen and oxygen atoms in total. The molecule has 0 bridgehead atoms. The van der Waals surface area contributed by atoms with Gasteiger partial charge < -0.3 is 0 Å². The third kappa shape index (κ3) is 3.00. The van der Waals surface area contributed by atoms with Gasteiger partial charge in [-0.2, -0.15) is 5.10 Å². The van der Waals surface area contributed by atoms with Crippen LogP contribution < -0.4 is 5.01 Å². The first-order valence-electron chi connectivity index (χ1n) is 7.17. The molecule has 0 amide bonds. The fourth-order valence-corrected chi connectivity index (χ4v) is 3.24. The molecule has 0 radical (unpaired) electrons. The lowest BCUT2D eigenvalue weighted by molar-refractivity contribution is 0.615. The molecule has 3 rings (SSSR count). The summed E-state index contributed by atoms with van der Waals surface area (Å²) in [5.74, 6) is -0.783. The van der Waals surface area contributed by atoms with Crippen LogP contribution in [-0.2, 0) is 6.42 Å². The molecule has 23 heavy (non-hydrogen) atoms. The Morgan fingerprint density at radius 1 is 1.22 bits per heavy atom. The highest BCUT2D eigenvalue weighted by atomic mass is 79.9. The first-order chi connectivity index (χ1) is 10.9. The molecule has 6 heteroatoms. The number of fused-ring (bicyclic) bond motifs is 1. The number of hydrogen-bond acceptors (Lipinski definition) is 2. The zero-order valence-corrected chi connectivity index (χ0v) is 14.9. The predicted molar refractivity (Wildman–Crippen MR) is 93.4 cm³/mol. The summed E-state index contributed by atoms with van der Waals surface area (Å²) in [6.07, 6.45) is 0.323. The van der Waals surface area contributed by atoms with Crippen LogP contribution in [0.25, 0.3) is 0 Å². The average Bonchev–Trinajstić information content (AvgIpc) is 2.47. The number of nitrogens with zero attached hydrogens (tertiary/aromatic N) is 2. The molecule has 120 valence electrons. The van der Waals surface area contributed by atoms with E-state index in [4.69, 9.17) is 11.6 Å². The normalized spacial score (nSPS) is 14.0. The van der Waals surface area contributed by atoms with Gasteiger partial charge in [-0.1, -0.05) is 17.7 Å². The van der Waals surface area contributed by atoms with Crippen molar-refractivity contribution in [3.8, 4) is 0 Å². The molecule has 0 saturated heterocycles. The number of anilines is 1. The van der Waals surface area contributed by atoms with Crippen molar-refractivity contribution in [2.24, 2.45) is 5.10 Å². The molecule has 0 aromatic heterocycles. The largest absolute Gasteiger partial charge is 0.262 e. The Morgan fingerprint density at radius 2 is 1.96 bits per heavy atom. The maximum atomic E-state index is 14.2. The molecule has 0 aliphatic carbocycles. The molecule has 2 aromatic rings. The second-order valence-electron chi connectivity index (χ2n) is 5.65. The second kappa shape index (κ2) is 6.21. The molecule has 1 aliphatic heterocycles. The minimum Gasteiger partial charge on any atom is -0.262 e. The number of hydrazone groups is 1. The second-order valence-corrected chi connectivity index (χ2v) is 6.92. The SMILES string of the molecule is CC(C)N1N=C(c2c(F)cccc2Cl)Cc2cc(F)c(Br)cc21. The van der Waals surface area contributed by atoms with Crippen molar-refractivity contribution in [3.05, 3.63) is 62.6 Å². The maximum Gasteiger partial charge on any atom is 0.137 e. The first-order valence-corrected chi connectivity index (χ1v) is 8.34. The van der Waals surface area contributed by atoms with Gasteiger partial charge in [-0.15, -0.1) is 0 Å².